The Balaban J connectivity index is 1.15. The first-order valence-corrected chi connectivity index (χ1v) is 12.4. The van der Waals surface area contributed by atoms with Crippen molar-refractivity contribution >= 4 is 34.2 Å². The van der Waals surface area contributed by atoms with Gasteiger partial charge in [-0.25, -0.2) is 4.98 Å². The number of nitrogens with one attached hydrogen (secondary N) is 3. The van der Waals surface area contributed by atoms with Crippen molar-refractivity contribution < 1.29 is 9.59 Å². The third-order valence-corrected chi connectivity index (χ3v) is 7.59. The van der Waals surface area contributed by atoms with Crippen LogP contribution >= 0.6 is 0 Å². The number of aromatic amines is 1. The predicted molar refractivity (Wildman–Crippen MR) is 138 cm³/mol. The molecule has 0 saturated heterocycles. The summed E-state index contributed by atoms with van der Waals surface area (Å²) in [6.07, 6.45) is 6.00. The quantitative estimate of drug-likeness (QED) is 0.326. The minimum Gasteiger partial charge on any atom is -0.338 e. The molecule has 3 saturated carbocycles. The zero-order chi connectivity index (χ0) is 23.8. The van der Waals surface area contributed by atoms with Crippen LogP contribution in [0.15, 0.2) is 72.8 Å². The van der Waals surface area contributed by atoms with E-state index in [4.69, 9.17) is 4.98 Å². The van der Waals surface area contributed by atoms with E-state index in [1.165, 1.54) is 25.7 Å². The number of para-hydroxylation sites is 1. The summed E-state index contributed by atoms with van der Waals surface area (Å²) in [4.78, 5) is 33.5. The van der Waals surface area contributed by atoms with E-state index in [1.54, 1.807) is 12.1 Å². The molecule has 35 heavy (non-hydrogen) atoms. The van der Waals surface area contributed by atoms with Crippen LogP contribution in [0.5, 0.6) is 0 Å². The number of amides is 2. The predicted octanol–water partition coefficient (Wildman–Crippen LogP) is 6.25. The summed E-state index contributed by atoms with van der Waals surface area (Å²) in [5.41, 5.74) is 4.73. The molecule has 3 aliphatic carbocycles. The van der Waals surface area contributed by atoms with Gasteiger partial charge in [0, 0.05) is 28.4 Å². The van der Waals surface area contributed by atoms with E-state index in [-0.39, 0.29) is 17.7 Å². The molecule has 176 valence electrons. The lowest BCUT2D eigenvalue weighted by Gasteiger charge is -2.41. The number of carbonyl (C=O) groups is 2. The molecule has 1 atom stereocenters. The van der Waals surface area contributed by atoms with Gasteiger partial charge in [-0.15, -0.1) is 0 Å². The molecule has 2 bridgehead atoms. The summed E-state index contributed by atoms with van der Waals surface area (Å²) < 4.78 is 0. The van der Waals surface area contributed by atoms with Gasteiger partial charge < -0.3 is 15.6 Å². The highest BCUT2D eigenvalue weighted by Crippen LogP contribution is 2.45. The number of anilines is 2. The highest BCUT2D eigenvalue weighted by molar-refractivity contribution is 6.04. The Kier molecular flexibility index (Phi) is 5.57. The van der Waals surface area contributed by atoms with Gasteiger partial charge in [0.15, 0.2) is 0 Å². The summed E-state index contributed by atoms with van der Waals surface area (Å²) in [7, 11) is 0. The lowest BCUT2D eigenvalue weighted by Crippen LogP contribution is -2.38. The fraction of sp³-hybridized carbons (Fsp3) is 0.276. The number of rotatable bonds is 5. The second-order valence-corrected chi connectivity index (χ2v) is 9.83. The number of aromatic nitrogens is 2. The van der Waals surface area contributed by atoms with Gasteiger partial charge in [-0.1, -0.05) is 43.2 Å². The Hall–Kier alpha value is -3.93. The molecule has 0 aliphatic heterocycles. The van der Waals surface area contributed by atoms with Crippen LogP contribution in [-0.2, 0) is 4.79 Å². The van der Waals surface area contributed by atoms with Gasteiger partial charge in [0.05, 0.1) is 11.0 Å². The first-order chi connectivity index (χ1) is 17.1. The maximum Gasteiger partial charge on any atom is 0.255 e. The smallest absolute Gasteiger partial charge is 0.255 e. The summed E-state index contributed by atoms with van der Waals surface area (Å²) in [6, 6.07) is 22.6. The van der Waals surface area contributed by atoms with E-state index in [0.29, 0.717) is 11.5 Å². The SMILES string of the molecule is O=C(Nc1ccccc1)c1ccc(-c2nc3ccc(NC(=O)C4CC5CCC4CC5)cc3[nH]2)cc1. The van der Waals surface area contributed by atoms with Crippen LogP contribution in [-0.4, -0.2) is 21.8 Å². The molecule has 3 aliphatic rings. The molecule has 3 aromatic carbocycles. The van der Waals surface area contributed by atoms with Crippen molar-refractivity contribution in [1.29, 1.82) is 0 Å². The Morgan fingerprint density at radius 2 is 1.60 bits per heavy atom. The van der Waals surface area contributed by atoms with Crippen molar-refractivity contribution in [2.75, 3.05) is 10.6 Å². The minimum atomic E-state index is -0.154. The van der Waals surface area contributed by atoms with E-state index in [0.717, 1.165) is 46.1 Å². The maximum absolute atomic E-state index is 13.0. The fourth-order valence-electron chi connectivity index (χ4n) is 5.66. The minimum absolute atomic E-state index is 0.146. The number of hydrogen-bond acceptors (Lipinski definition) is 3. The van der Waals surface area contributed by atoms with Crippen molar-refractivity contribution in [3.8, 4) is 11.4 Å². The van der Waals surface area contributed by atoms with Crippen LogP contribution in [0.25, 0.3) is 22.4 Å². The zero-order valence-corrected chi connectivity index (χ0v) is 19.5. The lowest BCUT2D eigenvalue weighted by atomic mass is 9.64. The molecular formula is C29H28N4O2. The summed E-state index contributed by atoms with van der Waals surface area (Å²) >= 11 is 0. The monoisotopic (exact) mass is 464 g/mol. The molecular weight excluding hydrogens is 436 g/mol. The van der Waals surface area contributed by atoms with Gasteiger partial charge in [0.2, 0.25) is 5.91 Å². The first kappa shape index (κ1) is 21.6. The van der Waals surface area contributed by atoms with E-state index in [9.17, 15) is 9.59 Å². The van der Waals surface area contributed by atoms with Gasteiger partial charge in [-0.3, -0.25) is 9.59 Å². The second kappa shape index (κ2) is 9.02. The van der Waals surface area contributed by atoms with Crippen LogP contribution < -0.4 is 10.6 Å². The van der Waals surface area contributed by atoms with Crippen molar-refractivity contribution in [3.05, 3.63) is 78.4 Å². The second-order valence-electron chi connectivity index (χ2n) is 9.83. The molecule has 3 fully saturated rings. The molecule has 3 N–H and O–H groups in total. The Morgan fingerprint density at radius 3 is 2.31 bits per heavy atom. The average molecular weight is 465 g/mol. The van der Waals surface area contributed by atoms with Crippen molar-refractivity contribution in [2.24, 2.45) is 17.8 Å². The van der Waals surface area contributed by atoms with Gasteiger partial charge >= 0.3 is 0 Å². The molecule has 2 amide bonds. The van der Waals surface area contributed by atoms with Gasteiger partial charge in [0.25, 0.3) is 5.91 Å². The van der Waals surface area contributed by atoms with E-state index in [2.05, 4.69) is 15.6 Å². The van der Waals surface area contributed by atoms with E-state index in [1.807, 2.05) is 60.7 Å². The summed E-state index contributed by atoms with van der Waals surface area (Å²) in [5, 5.41) is 6.04. The third-order valence-electron chi connectivity index (χ3n) is 7.59. The first-order valence-electron chi connectivity index (χ1n) is 12.4. The number of benzene rings is 3. The molecule has 6 nitrogen and oxygen atoms in total. The number of imidazole rings is 1. The molecule has 1 unspecified atom stereocenters. The van der Waals surface area contributed by atoms with Gasteiger partial charge in [-0.05, 0) is 73.6 Å². The fourth-order valence-corrected chi connectivity index (χ4v) is 5.66. The van der Waals surface area contributed by atoms with Gasteiger partial charge in [-0.2, -0.15) is 0 Å². The molecule has 4 aromatic rings. The largest absolute Gasteiger partial charge is 0.338 e. The highest BCUT2D eigenvalue weighted by Gasteiger charge is 2.39. The normalized spacial score (nSPS) is 21.1. The van der Waals surface area contributed by atoms with Crippen molar-refractivity contribution in [3.63, 3.8) is 0 Å². The number of H-pyrrole nitrogens is 1. The number of fused-ring (bicyclic) bond motifs is 4. The number of carbonyl (C=O) groups excluding carboxylic acids is 2. The molecule has 7 rings (SSSR count). The van der Waals surface area contributed by atoms with Crippen LogP contribution in [0.3, 0.4) is 0 Å². The zero-order valence-electron chi connectivity index (χ0n) is 19.5. The number of hydrogen-bond donors (Lipinski definition) is 3. The average Bonchev–Trinajstić information content (AvgIpc) is 3.33. The lowest BCUT2D eigenvalue weighted by molar-refractivity contribution is -0.124. The Labute approximate surface area is 204 Å². The molecule has 0 spiro atoms. The van der Waals surface area contributed by atoms with Crippen LogP contribution in [0.4, 0.5) is 11.4 Å². The maximum atomic E-state index is 13.0. The van der Waals surface area contributed by atoms with Crippen LogP contribution in [0, 0.1) is 17.8 Å². The Morgan fingerprint density at radius 1 is 0.829 bits per heavy atom. The van der Waals surface area contributed by atoms with Crippen molar-refractivity contribution in [1.82, 2.24) is 9.97 Å². The van der Waals surface area contributed by atoms with Crippen LogP contribution in [0.1, 0.15) is 42.5 Å². The third kappa shape index (κ3) is 4.44. The Bertz CT molecular complexity index is 1370. The van der Waals surface area contributed by atoms with E-state index >= 15 is 0 Å². The molecule has 1 heterocycles. The van der Waals surface area contributed by atoms with Gasteiger partial charge in [0.1, 0.15) is 5.82 Å². The van der Waals surface area contributed by atoms with E-state index < -0.39 is 0 Å². The summed E-state index contributed by atoms with van der Waals surface area (Å²) in [6.45, 7) is 0. The molecule has 0 radical (unpaired) electrons. The van der Waals surface area contributed by atoms with Crippen molar-refractivity contribution in [2.45, 2.75) is 32.1 Å². The summed E-state index contributed by atoms with van der Waals surface area (Å²) in [5.74, 6) is 2.14. The van der Waals surface area contributed by atoms with Crippen LogP contribution in [0.2, 0.25) is 0 Å². The standard InChI is InChI=1S/C29H28N4O2/c34-28(30-22-4-2-1-3-5-22)21-12-10-20(11-13-21)27-32-25-15-14-23(17-26(25)33-27)31-29(35)24-16-18-6-8-19(24)9-7-18/h1-5,10-15,17-19,24H,6-9,16H2,(H,30,34)(H,31,35)(H,32,33). The highest BCUT2D eigenvalue weighted by atomic mass is 16.2. The topological polar surface area (TPSA) is 86.9 Å². The number of nitrogens with zero attached hydrogens (tertiary/aromatic N) is 1. The molecule has 1 aromatic heterocycles. The molecule has 6 heteroatoms.